The Labute approximate surface area is 117 Å². The summed E-state index contributed by atoms with van der Waals surface area (Å²) >= 11 is 0. The summed E-state index contributed by atoms with van der Waals surface area (Å²) in [6, 6.07) is 0.202. The second-order valence-electron chi connectivity index (χ2n) is 5.43. The molecule has 0 aromatic heterocycles. The molecule has 0 saturated heterocycles. The van der Waals surface area contributed by atoms with E-state index >= 15 is 0 Å². The van der Waals surface area contributed by atoms with Crippen LogP contribution in [0.5, 0.6) is 0 Å². The first kappa shape index (κ1) is 18.4. The van der Waals surface area contributed by atoms with E-state index in [-0.39, 0.29) is 18.6 Å². The molecule has 0 fully saturated rings. The fourth-order valence-electron chi connectivity index (χ4n) is 1.81. The number of carbonyl (C=O) groups excluding carboxylic acids is 1. The summed E-state index contributed by atoms with van der Waals surface area (Å²) in [6.45, 7) is 8.49. The Hall–Kier alpha value is -0.650. The highest BCUT2D eigenvalue weighted by Crippen LogP contribution is 2.06. The molecular weight excluding hydrogens is 244 g/mol. The van der Waals surface area contributed by atoms with Crippen molar-refractivity contribution in [3.8, 4) is 0 Å². The zero-order chi connectivity index (χ0) is 14.7. The fourth-order valence-corrected chi connectivity index (χ4v) is 1.81. The van der Waals surface area contributed by atoms with Crippen molar-refractivity contribution in [3.63, 3.8) is 0 Å². The van der Waals surface area contributed by atoms with E-state index in [1.165, 1.54) is 0 Å². The van der Waals surface area contributed by atoms with Gasteiger partial charge in [-0.1, -0.05) is 13.8 Å². The second kappa shape index (κ2) is 11.2. The van der Waals surface area contributed by atoms with Crippen molar-refractivity contribution in [1.82, 2.24) is 10.2 Å². The lowest BCUT2D eigenvalue weighted by Gasteiger charge is -2.22. The smallest absolute Gasteiger partial charge is 0.234 e. The predicted molar refractivity (Wildman–Crippen MR) is 77.1 cm³/mol. The van der Waals surface area contributed by atoms with Gasteiger partial charge in [-0.25, -0.2) is 0 Å². The van der Waals surface area contributed by atoms with E-state index in [2.05, 4.69) is 19.2 Å². The van der Waals surface area contributed by atoms with Gasteiger partial charge in [0.15, 0.2) is 0 Å². The number of hydrogen-bond acceptors (Lipinski definition) is 4. The number of ether oxygens (including phenoxy) is 1. The summed E-state index contributed by atoms with van der Waals surface area (Å²) in [5.41, 5.74) is 0. The third-order valence-electron chi connectivity index (χ3n) is 2.98. The van der Waals surface area contributed by atoms with Gasteiger partial charge in [0.05, 0.1) is 19.8 Å². The number of rotatable bonds is 11. The molecule has 1 atom stereocenters. The van der Waals surface area contributed by atoms with Crippen LogP contribution in [0.4, 0.5) is 0 Å². The fraction of sp³-hybridized carbons (Fsp3) is 0.929. The molecule has 0 spiro atoms. The lowest BCUT2D eigenvalue weighted by atomic mass is 10.0. The number of aliphatic hydroxyl groups excluding tert-OH is 1. The van der Waals surface area contributed by atoms with E-state index < -0.39 is 0 Å². The lowest BCUT2D eigenvalue weighted by Crippen LogP contribution is -2.43. The second-order valence-corrected chi connectivity index (χ2v) is 5.43. The highest BCUT2D eigenvalue weighted by atomic mass is 16.5. The van der Waals surface area contributed by atoms with Gasteiger partial charge in [-0.3, -0.25) is 9.69 Å². The van der Waals surface area contributed by atoms with Gasteiger partial charge in [-0.15, -0.1) is 0 Å². The first-order valence-electron chi connectivity index (χ1n) is 7.11. The molecule has 0 rings (SSSR count). The number of carbonyl (C=O) groups is 1. The highest BCUT2D eigenvalue weighted by molar-refractivity contribution is 5.78. The SMILES string of the molecule is COCCN(CCO)CC(=O)NC(C)CCC(C)C. The molecule has 5 heteroatoms. The van der Waals surface area contributed by atoms with Crippen LogP contribution < -0.4 is 5.32 Å². The van der Waals surface area contributed by atoms with Gasteiger partial charge >= 0.3 is 0 Å². The summed E-state index contributed by atoms with van der Waals surface area (Å²) in [6.07, 6.45) is 2.12. The molecule has 0 heterocycles. The van der Waals surface area contributed by atoms with Crippen LogP contribution in [0.1, 0.15) is 33.6 Å². The van der Waals surface area contributed by atoms with Crippen LogP contribution in [-0.2, 0) is 9.53 Å². The minimum atomic E-state index is 0.0146. The van der Waals surface area contributed by atoms with Crippen LogP contribution in [0, 0.1) is 5.92 Å². The van der Waals surface area contributed by atoms with E-state index in [4.69, 9.17) is 9.84 Å². The summed E-state index contributed by atoms with van der Waals surface area (Å²) in [4.78, 5) is 13.8. The molecule has 5 nitrogen and oxygen atoms in total. The molecule has 0 aliphatic rings. The number of hydrogen-bond donors (Lipinski definition) is 2. The molecular formula is C14H30N2O3. The molecule has 0 saturated carbocycles. The van der Waals surface area contributed by atoms with Gasteiger partial charge in [0.1, 0.15) is 0 Å². The van der Waals surface area contributed by atoms with Crippen molar-refractivity contribution in [3.05, 3.63) is 0 Å². The van der Waals surface area contributed by atoms with Crippen molar-refractivity contribution in [2.45, 2.75) is 39.7 Å². The van der Waals surface area contributed by atoms with E-state index in [0.29, 0.717) is 32.2 Å². The van der Waals surface area contributed by atoms with Crippen LogP contribution in [0.15, 0.2) is 0 Å². The number of amides is 1. The molecule has 1 amide bonds. The topological polar surface area (TPSA) is 61.8 Å². The first-order valence-corrected chi connectivity index (χ1v) is 7.11. The van der Waals surface area contributed by atoms with Crippen molar-refractivity contribution in [2.24, 2.45) is 5.92 Å². The molecule has 0 radical (unpaired) electrons. The quantitative estimate of drug-likeness (QED) is 0.587. The summed E-state index contributed by atoms with van der Waals surface area (Å²) in [5, 5.41) is 12.0. The van der Waals surface area contributed by atoms with Crippen LogP contribution in [0.25, 0.3) is 0 Å². The van der Waals surface area contributed by atoms with E-state index in [9.17, 15) is 4.79 Å². The highest BCUT2D eigenvalue weighted by Gasteiger charge is 2.12. The Balaban J connectivity index is 3.96. The van der Waals surface area contributed by atoms with Crippen molar-refractivity contribution < 1.29 is 14.6 Å². The van der Waals surface area contributed by atoms with E-state index in [1.807, 2.05) is 11.8 Å². The third kappa shape index (κ3) is 10.9. The number of aliphatic hydroxyl groups is 1. The Kier molecular flexibility index (Phi) is 10.8. The van der Waals surface area contributed by atoms with Gasteiger partial charge in [0.25, 0.3) is 0 Å². The Morgan fingerprint density at radius 1 is 1.26 bits per heavy atom. The average molecular weight is 274 g/mol. The van der Waals surface area contributed by atoms with Gasteiger partial charge < -0.3 is 15.2 Å². The standard InChI is InChI=1S/C14H30N2O3/c1-12(2)5-6-13(3)15-14(18)11-16(7-9-17)8-10-19-4/h12-13,17H,5-11H2,1-4H3,(H,15,18). The Morgan fingerprint density at radius 2 is 1.95 bits per heavy atom. The normalized spacial score (nSPS) is 13.0. The van der Waals surface area contributed by atoms with Crippen molar-refractivity contribution >= 4 is 5.91 Å². The van der Waals surface area contributed by atoms with Gasteiger partial charge in [-0.2, -0.15) is 0 Å². The molecule has 0 aliphatic heterocycles. The monoisotopic (exact) mass is 274 g/mol. The molecule has 114 valence electrons. The van der Waals surface area contributed by atoms with Crippen molar-refractivity contribution in [1.29, 1.82) is 0 Å². The Morgan fingerprint density at radius 3 is 2.47 bits per heavy atom. The zero-order valence-corrected chi connectivity index (χ0v) is 12.8. The largest absolute Gasteiger partial charge is 0.395 e. The van der Waals surface area contributed by atoms with E-state index in [1.54, 1.807) is 7.11 Å². The van der Waals surface area contributed by atoms with Crippen LogP contribution >= 0.6 is 0 Å². The molecule has 1 unspecified atom stereocenters. The molecule has 0 aromatic rings. The lowest BCUT2D eigenvalue weighted by molar-refractivity contribution is -0.123. The molecule has 0 aliphatic carbocycles. The van der Waals surface area contributed by atoms with Crippen molar-refractivity contribution in [2.75, 3.05) is 40.0 Å². The first-order chi connectivity index (χ1) is 8.99. The Bertz CT molecular complexity index is 235. The molecule has 2 N–H and O–H groups in total. The van der Waals surface area contributed by atoms with Crippen LogP contribution in [-0.4, -0.2) is 61.9 Å². The van der Waals surface area contributed by atoms with Gasteiger partial charge in [0.2, 0.25) is 5.91 Å². The van der Waals surface area contributed by atoms with Gasteiger partial charge in [-0.05, 0) is 25.7 Å². The maximum Gasteiger partial charge on any atom is 0.234 e. The number of nitrogens with one attached hydrogen (secondary N) is 1. The van der Waals surface area contributed by atoms with Crippen LogP contribution in [0.2, 0.25) is 0 Å². The van der Waals surface area contributed by atoms with E-state index in [0.717, 1.165) is 12.8 Å². The third-order valence-corrected chi connectivity index (χ3v) is 2.98. The summed E-state index contributed by atoms with van der Waals surface area (Å²) < 4.78 is 4.99. The molecule has 0 bridgehead atoms. The number of nitrogens with zero attached hydrogens (tertiary/aromatic N) is 1. The number of methoxy groups -OCH3 is 1. The minimum absolute atomic E-state index is 0.0146. The summed E-state index contributed by atoms with van der Waals surface area (Å²) in [7, 11) is 1.63. The molecule has 19 heavy (non-hydrogen) atoms. The molecule has 0 aromatic carbocycles. The summed E-state index contributed by atoms with van der Waals surface area (Å²) in [5.74, 6) is 0.674. The predicted octanol–water partition coefficient (Wildman–Crippen LogP) is 0.868. The maximum absolute atomic E-state index is 11.9. The minimum Gasteiger partial charge on any atom is -0.395 e. The van der Waals surface area contributed by atoms with Crippen LogP contribution in [0.3, 0.4) is 0 Å². The van der Waals surface area contributed by atoms with Gasteiger partial charge in [0, 0.05) is 26.2 Å². The maximum atomic E-state index is 11.9. The average Bonchev–Trinajstić information content (AvgIpc) is 2.33. The zero-order valence-electron chi connectivity index (χ0n) is 12.8.